The van der Waals surface area contributed by atoms with E-state index in [1.165, 1.54) is 12.1 Å². The summed E-state index contributed by atoms with van der Waals surface area (Å²) >= 11 is 5.74. The quantitative estimate of drug-likeness (QED) is 0.628. The third kappa shape index (κ3) is 6.62. The number of carbonyl (C=O) groups is 1. The summed E-state index contributed by atoms with van der Waals surface area (Å²) in [4.78, 5) is 11.5. The van der Waals surface area contributed by atoms with E-state index >= 15 is 0 Å². The molecule has 4 N–H and O–H groups in total. The summed E-state index contributed by atoms with van der Waals surface area (Å²) < 4.78 is 26.2. The van der Waals surface area contributed by atoms with Gasteiger partial charge in [-0.25, -0.2) is 13.1 Å². The minimum Gasteiger partial charge on any atom is -0.355 e. The van der Waals surface area contributed by atoms with Crippen LogP contribution in [0, 0.1) is 5.92 Å². The van der Waals surface area contributed by atoms with Crippen LogP contribution in [0.5, 0.6) is 0 Å². The Hall–Kier alpha value is -0.860. The Morgan fingerprint density at radius 2 is 2.05 bits per heavy atom. The van der Waals surface area contributed by atoms with Crippen molar-refractivity contribution in [2.45, 2.75) is 11.8 Å². The van der Waals surface area contributed by atoms with Crippen LogP contribution in [0.3, 0.4) is 0 Å². The molecular formula is C12H19Cl2N3O3S. The zero-order chi connectivity index (χ0) is 15.2. The van der Waals surface area contributed by atoms with Crippen LogP contribution >= 0.6 is 24.0 Å². The minimum atomic E-state index is -3.62. The van der Waals surface area contributed by atoms with Crippen molar-refractivity contribution in [2.24, 2.45) is 11.7 Å². The third-order valence-corrected chi connectivity index (χ3v) is 4.32. The number of nitrogens with one attached hydrogen (secondary N) is 2. The highest BCUT2D eigenvalue weighted by Gasteiger charge is 2.14. The maximum Gasteiger partial charge on any atom is 0.240 e. The van der Waals surface area contributed by atoms with E-state index in [2.05, 4.69) is 10.0 Å². The second-order valence-corrected chi connectivity index (χ2v) is 6.49. The molecule has 1 aromatic rings. The first-order valence-corrected chi connectivity index (χ1v) is 7.96. The van der Waals surface area contributed by atoms with Crippen molar-refractivity contribution in [1.82, 2.24) is 10.0 Å². The van der Waals surface area contributed by atoms with Crippen LogP contribution in [0.1, 0.15) is 6.92 Å². The Balaban J connectivity index is 0.00000400. The fourth-order valence-corrected chi connectivity index (χ4v) is 2.70. The van der Waals surface area contributed by atoms with E-state index in [1.807, 2.05) is 0 Å². The predicted octanol–water partition coefficient (Wildman–Crippen LogP) is 0.751. The number of hydrogen-bond acceptors (Lipinski definition) is 4. The summed E-state index contributed by atoms with van der Waals surface area (Å²) in [7, 11) is -3.62. The molecule has 0 heterocycles. The Morgan fingerprint density at radius 1 is 1.38 bits per heavy atom. The molecular weight excluding hydrogens is 337 g/mol. The number of hydrogen-bond donors (Lipinski definition) is 3. The first-order valence-electron chi connectivity index (χ1n) is 6.10. The van der Waals surface area contributed by atoms with E-state index in [0.717, 1.165) is 0 Å². The molecule has 1 amide bonds. The van der Waals surface area contributed by atoms with Crippen LogP contribution in [-0.4, -0.2) is 34.0 Å². The lowest BCUT2D eigenvalue weighted by Gasteiger charge is -2.11. The summed E-state index contributed by atoms with van der Waals surface area (Å²) in [6.45, 7) is 2.24. The van der Waals surface area contributed by atoms with E-state index in [4.69, 9.17) is 17.3 Å². The standard InChI is InChI=1S/C12H18ClN3O3S.ClH/c1-9(8-14)12(17)15-5-6-16-20(18,19)11-4-2-3-10(13)7-11;/h2-4,7,9,16H,5-6,8,14H2,1H3,(H,15,17);1H. The van der Waals surface area contributed by atoms with Crippen molar-refractivity contribution in [3.8, 4) is 0 Å². The van der Waals surface area contributed by atoms with Crippen molar-refractivity contribution in [3.05, 3.63) is 29.3 Å². The molecule has 0 bridgehead atoms. The van der Waals surface area contributed by atoms with Crippen molar-refractivity contribution in [2.75, 3.05) is 19.6 Å². The maximum atomic E-state index is 11.9. The zero-order valence-electron chi connectivity index (χ0n) is 11.5. The molecule has 9 heteroatoms. The Bertz CT molecular complexity index is 567. The Labute approximate surface area is 135 Å². The van der Waals surface area contributed by atoms with E-state index in [-0.39, 0.29) is 48.8 Å². The minimum absolute atomic E-state index is 0. The molecule has 1 atom stereocenters. The topological polar surface area (TPSA) is 101 Å². The Morgan fingerprint density at radius 3 is 2.62 bits per heavy atom. The smallest absolute Gasteiger partial charge is 0.240 e. The molecule has 6 nitrogen and oxygen atoms in total. The van der Waals surface area contributed by atoms with Crippen LogP contribution in [0.25, 0.3) is 0 Å². The van der Waals surface area contributed by atoms with Crippen molar-refractivity contribution >= 4 is 39.9 Å². The number of carbonyl (C=O) groups excluding carboxylic acids is 1. The molecule has 0 aromatic heterocycles. The van der Waals surface area contributed by atoms with Crippen LogP contribution in [0.2, 0.25) is 5.02 Å². The fraction of sp³-hybridized carbons (Fsp3) is 0.417. The third-order valence-electron chi connectivity index (χ3n) is 2.62. The largest absolute Gasteiger partial charge is 0.355 e. The predicted molar refractivity (Wildman–Crippen MR) is 85.1 cm³/mol. The van der Waals surface area contributed by atoms with Crippen molar-refractivity contribution < 1.29 is 13.2 Å². The van der Waals surface area contributed by atoms with Gasteiger partial charge in [0.1, 0.15) is 0 Å². The number of sulfonamides is 1. The van der Waals surface area contributed by atoms with Gasteiger partial charge in [0.15, 0.2) is 0 Å². The second kappa shape index (κ2) is 9.22. The van der Waals surface area contributed by atoms with Crippen LogP contribution < -0.4 is 15.8 Å². The second-order valence-electron chi connectivity index (χ2n) is 4.28. The summed E-state index contributed by atoms with van der Waals surface area (Å²) in [5.41, 5.74) is 5.35. The molecule has 0 radical (unpaired) electrons. The molecule has 1 unspecified atom stereocenters. The summed E-state index contributed by atoms with van der Waals surface area (Å²) in [6, 6.07) is 5.96. The summed E-state index contributed by atoms with van der Waals surface area (Å²) in [5, 5.41) is 2.94. The van der Waals surface area contributed by atoms with E-state index in [1.54, 1.807) is 19.1 Å². The molecule has 0 fully saturated rings. The highest BCUT2D eigenvalue weighted by molar-refractivity contribution is 7.89. The molecule has 0 aliphatic carbocycles. The van der Waals surface area contributed by atoms with Gasteiger partial charge in [-0.1, -0.05) is 24.6 Å². The van der Waals surface area contributed by atoms with E-state index < -0.39 is 10.0 Å². The van der Waals surface area contributed by atoms with Gasteiger partial charge in [-0.3, -0.25) is 4.79 Å². The van der Waals surface area contributed by atoms with Gasteiger partial charge in [0.2, 0.25) is 15.9 Å². The highest BCUT2D eigenvalue weighted by Crippen LogP contribution is 2.14. The maximum absolute atomic E-state index is 11.9. The van der Waals surface area contributed by atoms with Gasteiger partial charge < -0.3 is 11.1 Å². The van der Waals surface area contributed by atoms with E-state index in [0.29, 0.717) is 5.02 Å². The average Bonchev–Trinajstić information content (AvgIpc) is 2.42. The van der Waals surface area contributed by atoms with E-state index in [9.17, 15) is 13.2 Å². The van der Waals surface area contributed by atoms with Gasteiger partial charge in [0, 0.05) is 30.6 Å². The number of benzene rings is 1. The van der Waals surface area contributed by atoms with Gasteiger partial charge in [0.25, 0.3) is 0 Å². The van der Waals surface area contributed by atoms with Crippen LogP contribution in [0.15, 0.2) is 29.2 Å². The fourth-order valence-electron chi connectivity index (χ4n) is 1.37. The van der Waals surface area contributed by atoms with Crippen LogP contribution in [0.4, 0.5) is 0 Å². The monoisotopic (exact) mass is 355 g/mol. The summed E-state index contributed by atoms with van der Waals surface area (Å²) in [5.74, 6) is -0.492. The molecule has 0 saturated carbocycles. The molecule has 0 saturated heterocycles. The molecule has 1 aromatic carbocycles. The SMILES string of the molecule is CC(CN)C(=O)NCCNS(=O)(=O)c1cccc(Cl)c1.Cl. The van der Waals surface area contributed by atoms with Gasteiger partial charge in [-0.05, 0) is 18.2 Å². The first-order chi connectivity index (χ1) is 9.36. The molecule has 120 valence electrons. The van der Waals surface area contributed by atoms with Crippen LogP contribution in [-0.2, 0) is 14.8 Å². The molecule has 1 rings (SSSR count). The lowest BCUT2D eigenvalue weighted by atomic mass is 10.2. The van der Waals surface area contributed by atoms with Gasteiger partial charge in [-0.15, -0.1) is 12.4 Å². The van der Waals surface area contributed by atoms with Crippen molar-refractivity contribution in [3.63, 3.8) is 0 Å². The normalized spacial score (nSPS) is 12.3. The Kier molecular flexibility index (Phi) is 8.84. The number of amides is 1. The lowest BCUT2D eigenvalue weighted by Crippen LogP contribution is -2.38. The summed E-state index contributed by atoms with van der Waals surface area (Å²) in [6.07, 6.45) is 0. The first kappa shape index (κ1) is 20.1. The van der Waals surface area contributed by atoms with Gasteiger partial charge >= 0.3 is 0 Å². The molecule has 0 aliphatic heterocycles. The number of nitrogens with two attached hydrogens (primary N) is 1. The number of halogens is 2. The highest BCUT2D eigenvalue weighted by atomic mass is 35.5. The zero-order valence-corrected chi connectivity index (χ0v) is 13.9. The average molecular weight is 356 g/mol. The molecule has 0 aliphatic rings. The van der Waals surface area contributed by atoms with Crippen molar-refractivity contribution in [1.29, 1.82) is 0 Å². The lowest BCUT2D eigenvalue weighted by molar-refractivity contribution is -0.124. The van der Waals surface area contributed by atoms with Gasteiger partial charge in [-0.2, -0.15) is 0 Å². The number of rotatable bonds is 7. The van der Waals surface area contributed by atoms with Gasteiger partial charge in [0.05, 0.1) is 4.90 Å². The molecule has 21 heavy (non-hydrogen) atoms. The molecule has 0 spiro atoms.